The summed E-state index contributed by atoms with van der Waals surface area (Å²) in [6.45, 7) is 0.0816. The van der Waals surface area contributed by atoms with Gasteiger partial charge in [0, 0.05) is 18.2 Å². The number of fused-ring (bicyclic) bond motifs is 1. The normalized spacial score (nSPS) is 15.1. The highest BCUT2D eigenvalue weighted by molar-refractivity contribution is 6.34. The molecule has 1 amide bonds. The molecule has 0 saturated heterocycles. The number of carbonyl (C=O) groups is 1. The Bertz CT molecular complexity index is 1440. The molecular formula is C26H26ClN5O4. The second kappa shape index (κ2) is 10.1. The van der Waals surface area contributed by atoms with Crippen molar-refractivity contribution >= 4 is 23.3 Å². The van der Waals surface area contributed by atoms with Crippen LogP contribution in [0.25, 0.3) is 17.2 Å². The summed E-state index contributed by atoms with van der Waals surface area (Å²) in [6.07, 6.45) is 4.28. The van der Waals surface area contributed by atoms with E-state index in [1.54, 1.807) is 18.2 Å². The highest BCUT2D eigenvalue weighted by atomic mass is 35.5. The van der Waals surface area contributed by atoms with Crippen LogP contribution in [0.3, 0.4) is 0 Å². The standard InChI is InChI=1S/C26H26ClN5O4/c27-19-10-7-11-20(22(19)24(34)28-16-26(35)12-5-2-6-13-26)36-15-18-14-21(33)32-25(29-18)30-23(31-32)17-8-3-1-4-9-17/h1,3-4,7-11,14,35H,2,5-6,12-13,15-16H2,(H,28,34)(H,29,30,31). The molecular weight excluding hydrogens is 482 g/mol. The van der Waals surface area contributed by atoms with Gasteiger partial charge in [-0.3, -0.25) is 14.7 Å². The van der Waals surface area contributed by atoms with E-state index in [-0.39, 0.29) is 40.8 Å². The zero-order chi connectivity index (χ0) is 25.1. The number of nitrogens with one attached hydrogen (secondary N) is 2. The smallest absolute Gasteiger partial charge is 0.274 e. The van der Waals surface area contributed by atoms with Gasteiger partial charge in [0.2, 0.25) is 0 Å². The largest absolute Gasteiger partial charge is 0.486 e. The average molecular weight is 508 g/mol. The van der Waals surface area contributed by atoms with Gasteiger partial charge in [-0.05, 0) is 25.0 Å². The van der Waals surface area contributed by atoms with Gasteiger partial charge in [-0.15, -0.1) is 0 Å². The van der Waals surface area contributed by atoms with Gasteiger partial charge in [0.15, 0.2) is 5.82 Å². The monoisotopic (exact) mass is 507 g/mol. The maximum atomic E-state index is 13.0. The van der Waals surface area contributed by atoms with Crippen LogP contribution in [0.1, 0.15) is 48.2 Å². The first-order valence-corrected chi connectivity index (χ1v) is 12.3. The summed E-state index contributed by atoms with van der Waals surface area (Å²) in [5, 5.41) is 16.7. The molecule has 1 aliphatic rings. The Kier molecular flexibility index (Phi) is 6.75. The van der Waals surface area contributed by atoms with Crippen LogP contribution in [0.5, 0.6) is 5.75 Å². The van der Waals surface area contributed by atoms with Crippen LogP contribution in [-0.2, 0) is 6.61 Å². The number of H-pyrrole nitrogens is 1. The number of rotatable bonds is 7. The van der Waals surface area contributed by atoms with Crippen LogP contribution in [0.15, 0.2) is 59.4 Å². The number of carbonyl (C=O) groups excluding carboxylic acids is 1. The fraction of sp³-hybridized carbons (Fsp3) is 0.308. The van der Waals surface area contributed by atoms with E-state index in [4.69, 9.17) is 16.3 Å². The first kappa shape index (κ1) is 24.0. The summed E-state index contributed by atoms with van der Waals surface area (Å²) in [7, 11) is 0. The van der Waals surface area contributed by atoms with Crippen LogP contribution in [0, 0.1) is 0 Å². The lowest BCUT2D eigenvalue weighted by Crippen LogP contribution is -2.44. The summed E-state index contributed by atoms with van der Waals surface area (Å²) >= 11 is 6.34. The van der Waals surface area contributed by atoms with E-state index >= 15 is 0 Å². The predicted octanol–water partition coefficient (Wildman–Crippen LogP) is 3.74. The van der Waals surface area contributed by atoms with E-state index in [0.717, 1.165) is 24.8 Å². The Labute approximate surface area is 212 Å². The van der Waals surface area contributed by atoms with Crippen molar-refractivity contribution in [1.82, 2.24) is 24.9 Å². The minimum atomic E-state index is -0.903. The Morgan fingerprint density at radius 1 is 1.11 bits per heavy atom. The summed E-state index contributed by atoms with van der Waals surface area (Å²) in [4.78, 5) is 34.5. The number of amides is 1. The van der Waals surface area contributed by atoms with Crippen LogP contribution in [0.2, 0.25) is 5.02 Å². The molecule has 1 saturated carbocycles. The number of aliphatic hydroxyl groups is 1. The van der Waals surface area contributed by atoms with Crippen molar-refractivity contribution in [2.24, 2.45) is 0 Å². The third-order valence-electron chi connectivity index (χ3n) is 6.37. The van der Waals surface area contributed by atoms with E-state index in [9.17, 15) is 14.7 Å². The number of aromatic nitrogens is 4. The second-order valence-corrected chi connectivity index (χ2v) is 9.44. The van der Waals surface area contributed by atoms with Crippen molar-refractivity contribution in [1.29, 1.82) is 0 Å². The van der Waals surface area contributed by atoms with E-state index in [2.05, 4.69) is 20.4 Å². The molecule has 0 unspecified atom stereocenters. The molecule has 2 heterocycles. The molecule has 0 radical (unpaired) electrons. The summed E-state index contributed by atoms with van der Waals surface area (Å²) < 4.78 is 7.15. The van der Waals surface area contributed by atoms with Gasteiger partial charge in [0.1, 0.15) is 12.4 Å². The van der Waals surface area contributed by atoms with Crippen molar-refractivity contribution in [3.63, 3.8) is 0 Å². The van der Waals surface area contributed by atoms with Gasteiger partial charge < -0.3 is 15.2 Å². The Morgan fingerprint density at radius 3 is 2.67 bits per heavy atom. The quantitative estimate of drug-likeness (QED) is 0.350. The molecule has 1 aliphatic carbocycles. The van der Waals surface area contributed by atoms with E-state index in [1.165, 1.54) is 10.6 Å². The number of halogens is 1. The van der Waals surface area contributed by atoms with Crippen molar-refractivity contribution in [3.8, 4) is 17.1 Å². The third kappa shape index (κ3) is 5.12. The molecule has 5 rings (SSSR count). The second-order valence-electron chi connectivity index (χ2n) is 9.03. The molecule has 2 aromatic heterocycles. The first-order valence-electron chi connectivity index (χ1n) is 11.9. The fourth-order valence-corrected chi connectivity index (χ4v) is 4.69. The summed E-state index contributed by atoms with van der Waals surface area (Å²) in [6, 6.07) is 15.7. The number of hydrogen-bond donors (Lipinski definition) is 3. The van der Waals surface area contributed by atoms with E-state index < -0.39 is 11.5 Å². The number of aromatic amines is 1. The number of benzene rings is 2. The Balaban J connectivity index is 1.33. The molecule has 0 aliphatic heterocycles. The molecule has 3 N–H and O–H groups in total. The lowest BCUT2D eigenvalue weighted by Gasteiger charge is -2.32. The average Bonchev–Trinajstić information content (AvgIpc) is 3.32. The van der Waals surface area contributed by atoms with Crippen LogP contribution < -0.4 is 15.6 Å². The molecule has 186 valence electrons. The van der Waals surface area contributed by atoms with E-state index in [0.29, 0.717) is 24.4 Å². The molecule has 2 aromatic carbocycles. The lowest BCUT2D eigenvalue weighted by molar-refractivity contribution is 0.00522. The van der Waals surface area contributed by atoms with Gasteiger partial charge in [0.25, 0.3) is 17.2 Å². The topological polar surface area (TPSA) is 122 Å². The zero-order valence-corrected chi connectivity index (χ0v) is 20.3. The molecule has 0 atom stereocenters. The molecule has 0 spiro atoms. The van der Waals surface area contributed by atoms with E-state index in [1.807, 2.05) is 30.3 Å². The molecule has 1 fully saturated rings. The minimum absolute atomic E-state index is 0.0656. The molecule has 0 bridgehead atoms. The number of hydrogen-bond acceptors (Lipinski definition) is 6. The molecule has 9 nitrogen and oxygen atoms in total. The summed E-state index contributed by atoms with van der Waals surface area (Å²) in [5.74, 6) is 0.555. The number of ether oxygens (including phenoxy) is 1. The highest BCUT2D eigenvalue weighted by Gasteiger charge is 2.30. The van der Waals surface area contributed by atoms with Crippen LogP contribution in [-0.4, -0.2) is 42.7 Å². The first-order chi connectivity index (χ1) is 17.4. The van der Waals surface area contributed by atoms with Crippen LogP contribution >= 0.6 is 11.6 Å². The van der Waals surface area contributed by atoms with Crippen molar-refractivity contribution in [2.45, 2.75) is 44.3 Å². The van der Waals surface area contributed by atoms with Crippen molar-refractivity contribution < 1.29 is 14.6 Å². The Hall–Kier alpha value is -3.69. The number of nitrogens with zero attached hydrogens (tertiary/aromatic N) is 3. The molecule has 10 heteroatoms. The van der Waals surface area contributed by atoms with Gasteiger partial charge >= 0.3 is 0 Å². The lowest BCUT2D eigenvalue weighted by atomic mass is 9.85. The van der Waals surface area contributed by atoms with Gasteiger partial charge in [-0.1, -0.05) is 67.3 Å². The maximum absolute atomic E-state index is 13.0. The third-order valence-corrected chi connectivity index (χ3v) is 6.69. The van der Waals surface area contributed by atoms with Crippen molar-refractivity contribution in [2.75, 3.05) is 6.54 Å². The predicted molar refractivity (Wildman–Crippen MR) is 135 cm³/mol. The van der Waals surface area contributed by atoms with Gasteiger partial charge in [-0.25, -0.2) is 4.98 Å². The maximum Gasteiger partial charge on any atom is 0.274 e. The van der Waals surface area contributed by atoms with Crippen LogP contribution in [0.4, 0.5) is 0 Å². The summed E-state index contributed by atoms with van der Waals surface area (Å²) in [5.41, 5.74) is 0.113. The van der Waals surface area contributed by atoms with Crippen molar-refractivity contribution in [3.05, 3.63) is 81.2 Å². The van der Waals surface area contributed by atoms with Gasteiger partial charge in [0.05, 0.1) is 21.9 Å². The molecule has 4 aromatic rings. The Morgan fingerprint density at radius 2 is 1.89 bits per heavy atom. The zero-order valence-electron chi connectivity index (χ0n) is 19.5. The molecule has 36 heavy (non-hydrogen) atoms. The fourth-order valence-electron chi connectivity index (χ4n) is 4.44. The highest BCUT2D eigenvalue weighted by Crippen LogP contribution is 2.29. The van der Waals surface area contributed by atoms with Gasteiger partial charge in [-0.2, -0.15) is 9.50 Å². The SMILES string of the molecule is O=C(NCC1(O)CCCCC1)c1c(Cl)cccc1OCc1cc(=O)n2[nH]c(-c3ccccc3)nc2n1. The minimum Gasteiger partial charge on any atom is -0.486 e.